The van der Waals surface area contributed by atoms with E-state index in [-0.39, 0.29) is 0 Å². The molecule has 102 valence electrons. The molecule has 3 aliphatic rings. The summed E-state index contributed by atoms with van der Waals surface area (Å²) in [5.41, 5.74) is 6.20. The molecule has 0 radical (unpaired) electrons. The molecule has 0 atom stereocenters. The van der Waals surface area contributed by atoms with Crippen molar-refractivity contribution in [3.63, 3.8) is 0 Å². The van der Waals surface area contributed by atoms with Crippen molar-refractivity contribution in [2.24, 2.45) is 10.2 Å². The van der Waals surface area contributed by atoms with E-state index in [2.05, 4.69) is 44.5 Å². The van der Waals surface area contributed by atoms with E-state index in [1.807, 2.05) is 0 Å². The molecule has 0 unspecified atom stereocenters. The largest absolute Gasteiger partial charge is 0.314 e. The molecule has 3 nitrogen and oxygen atoms in total. The van der Waals surface area contributed by atoms with Crippen molar-refractivity contribution in [1.82, 2.24) is 5.32 Å². The summed E-state index contributed by atoms with van der Waals surface area (Å²) < 4.78 is 0. The van der Waals surface area contributed by atoms with Crippen LogP contribution >= 0.6 is 11.3 Å². The van der Waals surface area contributed by atoms with Crippen LogP contribution in [0.15, 0.2) is 44.8 Å². The van der Waals surface area contributed by atoms with Crippen molar-refractivity contribution in [2.45, 2.75) is 31.7 Å². The van der Waals surface area contributed by atoms with E-state index in [4.69, 9.17) is 0 Å². The molecule has 0 saturated heterocycles. The lowest BCUT2D eigenvalue weighted by Gasteiger charge is -2.13. The number of allylic oxidation sites excluding steroid dienone is 4. The third kappa shape index (κ3) is 2.41. The number of hydrogen-bond donors (Lipinski definition) is 1. The molecule has 1 aliphatic heterocycles. The molecular formula is C16H17N3S. The zero-order chi connectivity index (χ0) is 13.4. The topological polar surface area (TPSA) is 36.8 Å². The normalized spacial score (nSPS) is 21.0. The van der Waals surface area contributed by atoms with Crippen LogP contribution in [0, 0.1) is 0 Å². The highest BCUT2D eigenvalue weighted by atomic mass is 32.1. The fourth-order valence-electron chi connectivity index (χ4n) is 2.65. The van der Waals surface area contributed by atoms with E-state index in [0.717, 1.165) is 36.9 Å². The maximum atomic E-state index is 4.38. The molecule has 1 saturated carbocycles. The minimum atomic E-state index is 0.766. The van der Waals surface area contributed by atoms with Gasteiger partial charge in [-0.1, -0.05) is 12.2 Å². The lowest BCUT2D eigenvalue weighted by molar-refractivity contribution is 0.699. The quantitative estimate of drug-likeness (QED) is 0.883. The molecule has 1 aromatic heterocycles. The molecule has 4 rings (SSSR count). The van der Waals surface area contributed by atoms with Crippen LogP contribution in [0.25, 0.3) is 5.57 Å². The summed E-state index contributed by atoms with van der Waals surface area (Å²) in [5.74, 6) is 0. The molecule has 0 spiro atoms. The van der Waals surface area contributed by atoms with Gasteiger partial charge in [0.15, 0.2) is 0 Å². The zero-order valence-electron chi connectivity index (χ0n) is 11.3. The van der Waals surface area contributed by atoms with Gasteiger partial charge in [-0.15, -0.1) is 0 Å². The van der Waals surface area contributed by atoms with Gasteiger partial charge in [-0.2, -0.15) is 21.5 Å². The first-order valence-electron chi connectivity index (χ1n) is 7.21. The SMILES string of the molecule is C1=C2C(CCNC3CC3)=NN=C2CC(c2ccsc2)=C1. The van der Waals surface area contributed by atoms with Crippen LogP contribution in [-0.2, 0) is 0 Å². The van der Waals surface area contributed by atoms with Gasteiger partial charge in [0.05, 0.1) is 11.4 Å². The molecule has 1 fully saturated rings. The number of nitrogens with zero attached hydrogens (tertiary/aromatic N) is 2. The Morgan fingerprint density at radius 2 is 2.20 bits per heavy atom. The average molecular weight is 283 g/mol. The zero-order valence-corrected chi connectivity index (χ0v) is 12.1. The maximum Gasteiger partial charge on any atom is 0.0765 e. The Bertz CT molecular complexity index is 631. The van der Waals surface area contributed by atoms with Crippen molar-refractivity contribution in [1.29, 1.82) is 0 Å². The second kappa shape index (κ2) is 5.11. The van der Waals surface area contributed by atoms with Crippen molar-refractivity contribution in [3.8, 4) is 0 Å². The second-order valence-corrected chi connectivity index (χ2v) is 6.31. The van der Waals surface area contributed by atoms with E-state index >= 15 is 0 Å². The Balaban J connectivity index is 1.45. The highest BCUT2D eigenvalue weighted by molar-refractivity contribution is 7.08. The Morgan fingerprint density at radius 3 is 3.00 bits per heavy atom. The Labute approximate surface area is 122 Å². The van der Waals surface area contributed by atoms with Gasteiger partial charge in [0, 0.05) is 31.0 Å². The molecule has 4 heteroatoms. The van der Waals surface area contributed by atoms with Crippen LogP contribution in [0.2, 0.25) is 0 Å². The summed E-state index contributed by atoms with van der Waals surface area (Å²) in [7, 11) is 0. The van der Waals surface area contributed by atoms with Crippen LogP contribution in [0.4, 0.5) is 0 Å². The van der Waals surface area contributed by atoms with E-state index in [9.17, 15) is 0 Å². The molecule has 1 aromatic rings. The number of nitrogens with one attached hydrogen (secondary N) is 1. The van der Waals surface area contributed by atoms with Crippen molar-refractivity contribution in [2.75, 3.05) is 6.54 Å². The first-order chi connectivity index (χ1) is 9.90. The summed E-state index contributed by atoms with van der Waals surface area (Å²) in [6, 6.07) is 2.94. The lowest BCUT2D eigenvalue weighted by atomic mass is 9.90. The molecule has 0 amide bonds. The van der Waals surface area contributed by atoms with Gasteiger partial charge in [0.1, 0.15) is 0 Å². The van der Waals surface area contributed by atoms with Crippen LogP contribution < -0.4 is 5.32 Å². The number of thiophene rings is 1. The smallest absolute Gasteiger partial charge is 0.0765 e. The third-order valence-corrected chi connectivity index (χ3v) is 4.67. The Hall–Kier alpha value is -1.52. The van der Waals surface area contributed by atoms with Gasteiger partial charge in [-0.05, 0) is 40.8 Å². The highest BCUT2D eigenvalue weighted by Crippen LogP contribution is 2.30. The van der Waals surface area contributed by atoms with Gasteiger partial charge in [0.25, 0.3) is 0 Å². The first-order valence-corrected chi connectivity index (χ1v) is 8.15. The summed E-state index contributed by atoms with van der Waals surface area (Å²) in [6.07, 6.45) is 8.99. The summed E-state index contributed by atoms with van der Waals surface area (Å²) in [6.45, 7) is 1.02. The van der Waals surface area contributed by atoms with Gasteiger partial charge in [0.2, 0.25) is 0 Å². The number of fused-ring (bicyclic) bond motifs is 1. The second-order valence-electron chi connectivity index (χ2n) is 5.53. The van der Waals surface area contributed by atoms with E-state index in [1.165, 1.54) is 29.6 Å². The molecule has 2 heterocycles. The van der Waals surface area contributed by atoms with E-state index in [1.54, 1.807) is 11.3 Å². The predicted octanol–water partition coefficient (Wildman–Crippen LogP) is 3.41. The lowest BCUT2D eigenvalue weighted by Crippen LogP contribution is -2.21. The molecule has 0 aromatic carbocycles. The molecule has 0 bridgehead atoms. The molecule has 2 aliphatic carbocycles. The van der Waals surface area contributed by atoms with Crippen LogP contribution in [-0.4, -0.2) is 24.0 Å². The van der Waals surface area contributed by atoms with Crippen molar-refractivity contribution < 1.29 is 0 Å². The minimum Gasteiger partial charge on any atom is -0.314 e. The van der Waals surface area contributed by atoms with Crippen molar-refractivity contribution in [3.05, 3.63) is 40.1 Å². The molecular weight excluding hydrogens is 266 g/mol. The summed E-state index contributed by atoms with van der Waals surface area (Å²) >= 11 is 1.74. The third-order valence-electron chi connectivity index (χ3n) is 3.99. The molecule has 1 N–H and O–H groups in total. The Morgan fingerprint density at radius 1 is 1.25 bits per heavy atom. The van der Waals surface area contributed by atoms with Crippen LogP contribution in [0.3, 0.4) is 0 Å². The fourth-order valence-corrected chi connectivity index (χ4v) is 3.33. The van der Waals surface area contributed by atoms with Crippen LogP contribution in [0.5, 0.6) is 0 Å². The predicted molar refractivity (Wildman–Crippen MR) is 85.5 cm³/mol. The average Bonchev–Trinajstić information content (AvgIpc) is 3.00. The number of rotatable bonds is 5. The minimum absolute atomic E-state index is 0.766. The van der Waals surface area contributed by atoms with E-state index < -0.39 is 0 Å². The van der Waals surface area contributed by atoms with E-state index in [0.29, 0.717) is 0 Å². The van der Waals surface area contributed by atoms with Crippen molar-refractivity contribution >= 4 is 28.3 Å². The molecule has 20 heavy (non-hydrogen) atoms. The fraction of sp³-hybridized carbons (Fsp3) is 0.375. The van der Waals surface area contributed by atoms with Gasteiger partial charge in [-0.3, -0.25) is 0 Å². The first kappa shape index (κ1) is 12.2. The standard InChI is InChI=1S/C16H17N3S/c1-4-14-15(5-7-17-13-2-3-13)18-19-16(14)9-11(1)12-6-8-20-10-12/h1,4,6,8,10,13,17H,2-3,5,7,9H2. The summed E-state index contributed by atoms with van der Waals surface area (Å²) in [4.78, 5) is 0. The number of hydrogen-bond acceptors (Lipinski definition) is 4. The maximum absolute atomic E-state index is 4.38. The summed E-state index contributed by atoms with van der Waals surface area (Å²) in [5, 5.41) is 16.6. The van der Waals surface area contributed by atoms with Gasteiger partial charge >= 0.3 is 0 Å². The van der Waals surface area contributed by atoms with Gasteiger partial charge < -0.3 is 5.32 Å². The highest BCUT2D eigenvalue weighted by Gasteiger charge is 2.25. The van der Waals surface area contributed by atoms with Crippen LogP contribution in [0.1, 0.15) is 31.2 Å². The van der Waals surface area contributed by atoms with Gasteiger partial charge in [-0.25, -0.2) is 0 Å². The Kier molecular flexibility index (Phi) is 3.13. The monoisotopic (exact) mass is 283 g/mol.